The Kier molecular flexibility index (Phi) is 4.65. The molecule has 23 heavy (non-hydrogen) atoms. The number of hydrogen-bond acceptors (Lipinski definition) is 2. The minimum Gasteiger partial charge on any atom is -0.484 e. The highest BCUT2D eigenvalue weighted by molar-refractivity contribution is 5.78. The molecular formula is C20H23NO2. The molecule has 0 aromatic heterocycles. The molecule has 1 atom stereocenters. The number of amides is 1. The van der Waals surface area contributed by atoms with Crippen LogP contribution in [0.4, 0.5) is 0 Å². The number of ether oxygens (including phenoxy) is 1. The fourth-order valence-corrected chi connectivity index (χ4v) is 2.88. The molecule has 0 saturated heterocycles. The fraction of sp³-hybridized carbons (Fsp3) is 0.350. The molecule has 2 aromatic carbocycles. The van der Waals surface area contributed by atoms with Crippen molar-refractivity contribution >= 4 is 5.91 Å². The first-order valence-corrected chi connectivity index (χ1v) is 8.18. The molecule has 0 unspecified atom stereocenters. The van der Waals surface area contributed by atoms with Gasteiger partial charge in [0.1, 0.15) is 5.75 Å². The van der Waals surface area contributed by atoms with E-state index in [-0.39, 0.29) is 18.6 Å². The van der Waals surface area contributed by atoms with Crippen molar-refractivity contribution in [3.05, 3.63) is 65.2 Å². The summed E-state index contributed by atoms with van der Waals surface area (Å²) in [7, 11) is 0. The van der Waals surface area contributed by atoms with Gasteiger partial charge in [-0.15, -0.1) is 0 Å². The molecule has 1 amide bonds. The van der Waals surface area contributed by atoms with Gasteiger partial charge in [0.05, 0.1) is 6.04 Å². The van der Waals surface area contributed by atoms with Gasteiger partial charge in [-0.2, -0.15) is 0 Å². The standard InChI is InChI=1S/C20H23NO2/c1-14-8-11-18(15(2)12-14)23-13-19(22)21-20(17-9-10-17)16-6-4-3-5-7-16/h3-8,11-12,17,20H,9-10,13H2,1-2H3,(H,21,22)/t20-/m1/s1. The maximum atomic E-state index is 12.3. The van der Waals surface area contributed by atoms with Gasteiger partial charge in [-0.25, -0.2) is 0 Å². The Morgan fingerprint density at radius 3 is 2.57 bits per heavy atom. The molecule has 1 fully saturated rings. The van der Waals surface area contributed by atoms with Crippen LogP contribution in [0.25, 0.3) is 0 Å². The zero-order valence-electron chi connectivity index (χ0n) is 13.7. The Bertz CT molecular complexity index is 677. The first-order chi connectivity index (χ1) is 11.1. The number of carbonyl (C=O) groups excluding carboxylic acids is 1. The molecule has 3 nitrogen and oxygen atoms in total. The van der Waals surface area contributed by atoms with Gasteiger partial charge in [0.15, 0.2) is 6.61 Å². The van der Waals surface area contributed by atoms with Crippen LogP contribution in [-0.2, 0) is 4.79 Å². The van der Waals surface area contributed by atoms with Crippen LogP contribution in [0.5, 0.6) is 5.75 Å². The average Bonchev–Trinajstić information content (AvgIpc) is 3.37. The van der Waals surface area contributed by atoms with E-state index in [0.29, 0.717) is 5.92 Å². The molecule has 0 spiro atoms. The summed E-state index contributed by atoms with van der Waals surface area (Å²) < 4.78 is 5.68. The second-order valence-electron chi connectivity index (χ2n) is 6.35. The van der Waals surface area contributed by atoms with Crippen molar-refractivity contribution in [1.82, 2.24) is 5.32 Å². The number of aryl methyl sites for hydroxylation is 2. The molecule has 3 rings (SSSR count). The van der Waals surface area contributed by atoms with Gasteiger partial charge in [-0.05, 0) is 49.8 Å². The molecule has 0 heterocycles. The minimum atomic E-state index is -0.0641. The minimum absolute atomic E-state index is 0.0555. The topological polar surface area (TPSA) is 38.3 Å². The zero-order valence-corrected chi connectivity index (χ0v) is 13.7. The van der Waals surface area contributed by atoms with Gasteiger partial charge in [0.25, 0.3) is 5.91 Å². The second kappa shape index (κ2) is 6.86. The fourth-order valence-electron chi connectivity index (χ4n) is 2.88. The molecular weight excluding hydrogens is 286 g/mol. The first-order valence-electron chi connectivity index (χ1n) is 8.18. The van der Waals surface area contributed by atoms with Crippen molar-refractivity contribution in [3.8, 4) is 5.75 Å². The molecule has 2 aromatic rings. The van der Waals surface area contributed by atoms with Crippen LogP contribution in [0.3, 0.4) is 0 Å². The smallest absolute Gasteiger partial charge is 0.258 e. The van der Waals surface area contributed by atoms with E-state index >= 15 is 0 Å². The van der Waals surface area contributed by atoms with E-state index < -0.39 is 0 Å². The van der Waals surface area contributed by atoms with Gasteiger partial charge in [0, 0.05) is 0 Å². The summed E-state index contributed by atoms with van der Waals surface area (Å²) in [5.41, 5.74) is 3.42. The third-order valence-corrected chi connectivity index (χ3v) is 4.26. The molecule has 120 valence electrons. The SMILES string of the molecule is Cc1ccc(OCC(=O)N[C@H](c2ccccc2)C2CC2)c(C)c1. The van der Waals surface area contributed by atoms with Gasteiger partial charge in [-0.1, -0.05) is 48.0 Å². The van der Waals surface area contributed by atoms with E-state index in [4.69, 9.17) is 4.74 Å². The summed E-state index contributed by atoms with van der Waals surface area (Å²) in [5.74, 6) is 1.27. The number of benzene rings is 2. The second-order valence-corrected chi connectivity index (χ2v) is 6.35. The van der Waals surface area contributed by atoms with E-state index in [1.54, 1.807) is 0 Å². The predicted octanol–water partition coefficient (Wildman–Crippen LogP) is 3.95. The van der Waals surface area contributed by atoms with Crippen LogP contribution in [0.15, 0.2) is 48.5 Å². The number of hydrogen-bond donors (Lipinski definition) is 1. The van der Waals surface area contributed by atoms with Crippen molar-refractivity contribution in [2.24, 2.45) is 5.92 Å². The predicted molar refractivity (Wildman–Crippen MR) is 91.5 cm³/mol. The number of rotatable bonds is 6. The van der Waals surface area contributed by atoms with Crippen LogP contribution < -0.4 is 10.1 Å². The molecule has 1 aliphatic rings. The Morgan fingerprint density at radius 1 is 1.17 bits per heavy atom. The van der Waals surface area contributed by atoms with E-state index in [1.807, 2.05) is 44.2 Å². The third kappa shape index (κ3) is 4.13. The Labute approximate surface area is 137 Å². The maximum absolute atomic E-state index is 12.3. The van der Waals surface area contributed by atoms with Crippen molar-refractivity contribution in [2.45, 2.75) is 32.7 Å². The van der Waals surface area contributed by atoms with Gasteiger partial charge in [-0.3, -0.25) is 4.79 Å². The average molecular weight is 309 g/mol. The van der Waals surface area contributed by atoms with Gasteiger partial charge >= 0.3 is 0 Å². The molecule has 3 heteroatoms. The molecule has 0 bridgehead atoms. The van der Waals surface area contributed by atoms with Crippen LogP contribution in [0.1, 0.15) is 35.6 Å². The summed E-state index contributed by atoms with van der Waals surface area (Å²) >= 11 is 0. The summed E-state index contributed by atoms with van der Waals surface area (Å²) in [6, 6.07) is 16.3. The summed E-state index contributed by atoms with van der Waals surface area (Å²) in [6.07, 6.45) is 2.36. The normalized spacial score (nSPS) is 15.0. The highest BCUT2D eigenvalue weighted by Gasteiger charge is 2.33. The van der Waals surface area contributed by atoms with Crippen LogP contribution in [0, 0.1) is 19.8 Å². The van der Waals surface area contributed by atoms with E-state index in [9.17, 15) is 4.79 Å². The quantitative estimate of drug-likeness (QED) is 0.877. The van der Waals surface area contributed by atoms with Crippen molar-refractivity contribution < 1.29 is 9.53 Å². The molecule has 0 aliphatic heterocycles. The first kappa shape index (κ1) is 15.6. The monoisotopic (exact) mass is 309 g/mol. The number of nitrogens with one attached hydrogen (secondary N) is 1. The summed E-state index contributed by atoms with van der Waals surface area (Å²) in [4.78, 5) is 12.3. The van der Waals surface area contributed by atoms with Crippen molar-refractivity contribution in [3.63, 3.8) is 0 Å². The maximum Gasteiger partial charge on any atom is 0.258 e. The molecule has 1 aliphatic carbocycles. The van der Waals surface area contributed by atoms with Crippen molar-refractivity contribution in [2.75, 3.05) is 6.61 Å². The van der Waals surface area contributed by atoms with E-state index in [1.165, 1.54) is 24.0 Å². The van der Waals surface area contributed by atoms with E-state index in [2.05, 4.69) is 23.5 Å². The highest BCUT2D eigenvalue weighted by atomic mass is 16.5. The van der Waals surface area contributed by atoms with Crippen LogP contribution >= 0.6 is 0 Å². The Morgan fingerprint density at radius 2 is 1.91 bits per heavy atom. The molecule has 1 N–H and O–H groups in total. The van der Waals surface area contributed by atoms with Crippen LogP contribution in [-0.4, -0.2) is 12.5 Å². The third-order valence-electron chi connectivity index (χ3n) is 4.26. The Hall–Kier alpha value is -2.29. The largest absolute Gasteiger partial charge is 0.484 e. The Balaban J connectivity index is 1.59. The molecule has 1 saturated carbocycles. The lowest BCUT2D eigenvalue weighted by Crippen LogP contribution is -2.33. The van der Waals surface area contributed by atoms with Gasteiger partial charge < -0.3 is 10.1 Å². The lowest BCUT2D eigenvalue weighted by molar-refractivity contribution is -0.124. The van der Waals surface area contributed by atoms with Crippen LogP contribution in [0.2, 0.25) is 0 Å². The lowest BCUT2D eigenvalue weighted by atomic mass is 10.0. The zero-order chi connectivity index (χ0) is 16.2. The summed E-state index contributed by atoms with van der Waals surface area (Å²) in [6.45, 7) is 4.10. The number of carbonyl (C=O) groups is 1. The molecule has 0 radical (unpaired) electrons. The lowest BCUT2D eigenvalue weighted by Gasteiger charge is -2.19. The van der Waals surface area contributed by atoms with Crippen molar-refractivity contribution in [1.29, 1.82) is 0 Å². The van der Waals surface area contributed by atoms with Gasteiger partial charge in [0.2, 0.25) is 0 Å². The summed E-state index contributed by atoms with van der Waals surface area (Å²) in [5, 5.41) is 3.13. The van der Waals surface area contributed by atoms with E-state index in [0.717, 1.165) is 11.3 Å². The highest BCUT2D eigenvalue weighted by Crippen LogP contribution is 2.40.